The number of nitrogens with one attached hydrogen (secondary N) is 1. The van der Waals surface area contributed by atoms with Crippen LogP contribution >= 0.6 is 11.6 Å². The van der Waals surface area contributed by atoms with Crippen LogP contribution in [0.15, 0.2) is 42.6 Å². The molecule has 43 heavy (non-hydrogen) atoms. The van der Waals surface area contributed by atoms with Gasteiger partial charge in [-0.1, -0.05) is 35.9 Å². The first-order valence-electron chi connectivity index (χ1n) is 13.7. The van der Waals surface area contributed by atoms with Gasteiger partial charge < -0.3 is 26.1 Å². The van der Waals surface area contributed by atoms with E-state index in [-0.39, 0.29) is 53.1 Å². The predicted molar refractivity (Wildman–Crippen MR) is 157 cm³/mol. The lowest BCUT2D eigenvalue weighted by Crippen LogP contribution is -2.31. The Kier molecular flexibility index (Phi) is 10.8. The van der Waals surface area contributed by atoms with Crippen molar-refractivity contribution in [3.63, 3.8) is 0 Å². The molecule has 0 aliphatic rings. The molecule has 0 radical (unpaired) electrons. The lowest BCUT2D eigenvalue weighted by Gasteiger charge is -2.24. The summed E-state index contributed by atoms with van der Waals surface area (Å²) in [6.45, 7) is 6.76. The number of carbonyl (C=O) groups is 3. The van der Waals surface area contributed by atoms with Crippen LogP contribution in [0.3, 0.4) is 0 Å². The van der Waals surface area contributed by atoms with Crippen LogP contribution in [0.5, 0.6) is 5.75 Å². The maximum Gasteiger partial charge on any atom is 0.425 e. The number of primary amides is 2. The number of halogens is 4. The molecule has 3 rings (SSSR count). The fourth-order valence-corrected chi connectivity index (χ4v) is 5.20. The van der Waals surface area contributed by atoms with Crippen LogP contribution in [0.4, 0.5) is 13.2 Å². The standard InChI is InChI=1S/C30H35ClF3N5O4/c1-5-39-15-23(38-29(39)16(2)37-18(4)40)20-8-6-19(7-9-20)14-21(10-13-25(35)41)26-22(28(36)42)11-12-24(27(26)31)43-17(3)30(32,33)34/h6-9,11-12,15-17,21H,5,10,13-14H2,1-4H3,(H2,35,41)(H2,36,42)(H,37,40). The van der Waals surface area contributed by atoms with E-state index in [1.807, 2.05) is 48.9 Å². The van der Waals surface area contributed by atoms with E-state index in [1.165, 1.54) is 19.1 Å². The van der Waals surface area contributed by atoms with Crippen molar-refractivity contribution >= 4 is 29.3 Å². The highest BCUT2D eigenvalue weighted by Crippen LogP contribution is 2.40. The van der Waals surface area contributed by atoms with Crippen molar-refractivity contribution in [2.45, 2.75) is 77.7 Å². The second-order valence-corrected chi connectivity index (χ2v) is 10.7. The molecule has 9 nitrogen and oxygen atoms in total. The Morgan fingerprint density at radius 3 is 2.28 bits per heavy atom. The van der Waals surface area contributed by atoms with Crippen molar-refractivity contribution in [3.8, 4) is 17.0 Å². The van der Waals surface area contributed by atoms with Crippen LogP contribution in [0.25, 0.3) is 11.3 Å². The van der Waals surface area contributed by atoms with Gasteiger partial charge in [-0.05, 0) is 62.8 Å². The predicted octanol–water partition coefficient (Wildman–Crippen LogP) is 5.44. The summed E-state index contributed by atoms with van der Waals surface area (Å²) in [5.41, 5.74) is 13.5. The Morgan fingerprint density at radius 2 is 1.74 bits per heavy atom. The van der Waals surface area contributed by atoms with Crippen LogP contribution in [0.2, 0.25) is 5.02 Å². The van der Waals surface area contributed by atoms with E-state index in [1.54, 1.807) is 0 Å². The lowest BCUT2D eigenvalue weighted by atomic mass is 9.84. The minimum atomic E-state index is -4.64. The number of aromatic nitrogens is 2. The molecule has 232 valence electrons. The van der Waals surface area contributed by atoms with Gasteiger partial charge in [0, 0.05) is 37.2 Å². The molecule has 0 saturated carbocycles. The number of ether oxygens (including phenoxy) is 1. The lowest BCUT2D eigenvalue weighted by molar-refractivity contribution is -0.189. The molecule has 3 aromatic rings. The van der Waals surface area contributed by atoms with Crippen LogP contribution < -0.4 is 21.5 Å². The zero-order valence-corrected chi connectivity index (χ0v) is 25.1. The van der Waals surface area contributed by atoms with Gasteiger partial charge in [0.05, 0.1) is 16.8 Å². The second kappa shape index (κ2) is 13.9. The van der Waals surface area contributed by atoms with Gasteiger partial charge in [0.2, 0.25) is 17.7 Å². The molecule has 2 aromatic carbocycles. The van der Waals surface area contributed by atoms with Crippen LogP contribution in [-0.2, 0) is 22.6 Å². The summed E-state index contributed by atoms with van der Waals surface area (Å²) in [5, 5.41) is 2.65. The zero-order valence-electron chi connectivity index (χ0n) is 24.3. The highest BCUT2D eigenvalue weighted by Gasteiger charge is 2.39. The van der Waals surface area contributed by atoms with Crippen molar-refractivity contribution in [1.82, 2.24) is 14.9 Å². The normalized spacial score (nSPS) is 13.7. The Hall–Kier alpha value is -4.06. The van der Waals surface area contributed by atoms with Gasteiger partial charge in [-0.3, -0.25) is 14.4 Å². The first kappa shape index (κ1) is 33.4. The number of hydrogen-bond acceptors (Lipinski definition) is 5. The molecule has 0 bridgehead atoms. The molecule has 3 amide bonds. The number of amides is 3. The average Bonchev–Trinajstić information content (AvgIpc) is 3.36. The number of imidazole rings is 1. The van der Waals surface area contributed by atoms with Gasteiger partial charge in [0.15, 0.2) is 6.10 Å². The van der Waals surface area contributed by atoms with E-state index < -0.39 is 30.0 Å². The molecule has 5 N–H and O–H groups in total. The van der Waals surface area contributed by atoms with Crippen molar-refractivity contribution in [1.29, 1.82) is 0 Å². The maximum absolute atomic E-state index is 13.2. The zero-order chi connectivity index (χ0) is 32.1. The molecule has 1 heterocycles. The van der Waals surface area contributed by atoms with Crippen LogP contribution in [0, 0.1) is 0 Å². The van der Waals surface area contributed by atoms with E-state index in [9.17, 15) is 27.6 Å². The van der Waals surface area contributed by atoms with Crippen molar-refractivity contribution in [3.05, 3.63) is 70.1 Å². The first-order valence-corrected chi connectivity index (χ1v) is 14.1. The third kappa shape index (κ3) is 8.50. The summed E-state index contributed by atoms with van der Waals surface area (Å²) in [6, 6.07) is 9.56. The third-order valence-corrected chi connectivity index (χ3v) is 7.40. The summed E-state index contributed by atoms with van der Waals surface area (Å²) >= 11 is 6.57. The van der Waals surface area contributed by atoms with E-state index in [2.05, 4.69) is 5.32 Å². The summed E-state index contributed by atoms with van der Waals surface area (Å²) in [6.07, 6.45) is -4.56. The monoisotopic (exact) mass is 621 g/mol. The number of carbonyl (C=O) groups excluding carboxylic acids is 3. The number of nitrogens with two attached hydrogens (primary N) is 2. The first-order chi connectivity index (χ1) is 20.1. The summed E-state index contributed by atoms with van der Waals surface area (Å²) in [4.78, 5) is 40.3. The molecular formula is C30H35ClF3N5O4. The fraction of sp³-hybridized carbons (Fsp3) is 0.400. The van der Waals surface area contributed by atoms with E-state index in [0.717, 1.165) is 18.1 Å². The molecule has 0 spiro atoms. The molecule has 0 aliphatic heterocycles. The number of rotatable bonds is 13. The van der Waals surface area contributed by atoms with E-state index in [4.69, 9.17) is 32.8 Å². The fourth-order valence-electron chi connectivity index (χ4n) is 4.83. The SMILES string of the molecule is CCn1cc(-c2ccc(CC(CCC(N)=O)c3c(C(N)=O)ccc(OC(C)C(F)(F)F)c3Cl)cc2)nc1C(C)NC(C)=O. The molecule has 3 unspecified atom stereocenters. The number of nitrogens with zero attached hydrogens (tertiary/aromatic N) is 2. The van der Waals surface area contributed by atoms with Crippen LogP contribution in [0.1, 0.15) is 79.8 Å². The molecule has 1 aromatic heterocycles. The third-order valence-electron chi connectivity index (χ3n) is 7.01. The Morgan fingerprint density at radius 1 is 1.09 bits per heavy atom. The van der Waals surface area contributed by atoms with Crippen LogP contribution in [-0.4, -0.2) is 39.6 Å². The quantitative estimate of drug-likeness (QED) is 0.233. The van der Waals surface area contributed by atoms with Gasteiger partial charge >= 0.3 is 6.18 Å². The average molecular weight is 622 g/mol. The molecular weight excluding hydrogens is 587 g/mol. The summed E-state index contributed by atoms with van der Waals surface area (Å²) < 4.78 is 46.7. The number of aryl methyl sites for hydroxylation is 1. The Balaban J connectivity index is 1.98. The van der Waals surface area contributed by atoms with Gasteiger partial charge in [-0.2, -0.15) is 13.2 Å². The number of alkyl halides is 3. The largest absolute Gasteiger partial charge is 0.480 e. The van der Waals surface area contributed by atoms with Gasteiger partial charge in [-0.15, -0.1) is 0 Å². The molecule has 3 atom stereocenters. The Labute approximate surface area is 252 Å². The summed E-state index contributed by atoms with van der Waals surface area (Å²) in [5.74, 6) is -1.75. The maximum atomic E-state index is 13.2. The topological polar surface area (TPSA) is 142 Å². The minimum Gasteiger partial charge on any atom is -0.480 e. The number of hydrogen-bond donors (Lipinski definition) is 3. The van der Waals surface area contributed by atoms with E-state index in [0.29, 0.717) is 18.1 Å². The van der Waals surface area contributed by atoms with Crippen molar-refractivity contribution in [2.75, 3.05) is 0 Å². The molecule has 0 aliphatic carbocycles. The highest BCUT2D eigenvalue weighted by molar-refractivity contribution is 6.33. The Bertz CT molecular complexity index is 1470. The van der Waals surface area contributed by atoms with Crippen molar-refractivity contribution in [2.24, 2.45) is 11.5 Å². The van der Waals surface area contributed by atoms with Gasteiger partial charge in [0.1, 0.15) is 11.6 Å². The molecule has 0 saturated heterocycles. The number of benzene rings is 2. The van der Waals surface area contributed by atoms with E-state index >= 15 is 0 Å². The van der Waals surface area contributed by atoms with Gasteiger partial charge in [0.25, 0.3) is 0 Å². The molecule has 13 heteroatoms. The molecule has 0 fully saturated rings. The van der Waals surface area contributed by atoms with Crippen molar-refractivity contribution < 1.29 is 32.3 Å². The van der Waals surface area contributed by atoms with Gasteiger partial charge in [-0.25, -0.2) is 4.98 Å². The second-order valence-electron chi connectivity index (χ2n) is 10.3. The summed E-state index contributed by atoms with van der Waals surface area (Å²) in [7, 11) is 0. The minimum absolute atomic E-state index is 0.00836. The smallest absolute Gasteiger partial charge is 0.425 e. The highest BCUT2D eigenvalue weighted by atomic mass is 35.5.